The van der Waals surface area contributed by atoms with Crippen LogP contribution in [0.4, 0.5) is 0 Å². The van der Waals surface area contributed by atoms with Crippen molar-refractivity contribution in [3.63, 3.8) is 0 Å². The fourth-order valence-corrected chi connectivity index (χ4v) is 3.27. The number of carboxylic acids is 1. The highest BCUT2D eigenvalue weighted by Gasteiger charge is 2.63. The highest BCUT2D eigenvalue weighted by atomic mass is 16.4. The number of carbonyl (C=O) groups excluding carboxylic acids is 1. The molecular formula is C11H10O3. The largest absolute Gasteiger partial charge is 0.481 e. The molecule has 1 fully saturated rings. The van der Waals surface area contributed by atoms with Gasteiger partial charge in [0.1, 0.15) is 5.41 Å². The summed E-state index contributed by atoms with van der Waals surface area (Å²) < 4.78 is 0. The molecule has 3 nitrogen and oxygen atoms in total. The Kier molecular flexibility index (Phi) is 1.23. The third kappa shape index (κ3) is 0.626. The minimum atomic E-state index is -0.906. The van der Waals surface area contributed by atoms with Crippen LogP contribution >= 0.6 is 0 Å². The average Bonchev–Trinajstić information content (AvgIpc) is 2.76. The van der Waals surface area contributed by atoms with Crippen LogP contribution in [-0.2, 0) is 9.59 Å². The van der Waals surface area contributed by atoms with Crippen molar-refractivity contribution in [3.05, 3.63) is 24.3 Å². The van der Waals surface area contributed by atoms with E-state index in [4.69, 9.17) is 0 Å². The van der Waals surface area contributed by atoms with Crippen LogP contribution < -0.4 is 0 Å². The first-order valence-corrected chi connectivity index (χ1v) is 4.81. The number of hydrogen-bond donors (Lipinski definition) is 1. The molecule has 3 rings (SSSR count). The van der Waals surface area contributed by atoms with E-state index in [0.29, 0.717) is 0 Å². The Balaban J connectivity index is 2.19. The number of rotatable bonds is 1. The minimum Gasteiger partial charge on any atom is -0.481 e. The summed E-state index contributed by atoms with van der Waals surface area (Å²) >= 11 is 0. The molecule has 1 saturated carbocycles. The summed E-state index contributed by atoms with van der Waals surface area (Å²) in [6.07, 6.45) is 7.84. The Morgan fingerprint density at radius 2 is 2.29 bits per heavy atom. The van der Waals surface area contributed by atoms with Crippen molar-refractivity contribution in [3.8, 4) is 0 Å². The number of aliphatic carboxylic acids is 1. The first-order chi connectivity index (χ1) is 6.66. The highest BCUT2D eigenvalue weighted by molar-refractivity contribution is 6.02. The number of carbonyl (C=O) groups is 2. The van der Waals surface area contributed by atoms with Crippen LogP contribution in [0.2, 0.25) is 0 Å². The maximum absolute atomic E-state index is 11.6. The van der Waals surface area contributed by atoms with Gasteiger partial charge in [0, 0.05) is 5.92 Å². The molecule has 3 aliphatic rings. The van der Waals surface area contributed by atoms with Crippen LogP contribution in [0.1, 0.15) is 6.42 Å². The van der Waals surface area contributed by atoms with Gasteiger partial charge in [0.05, 0.1) is 0 Å². The summed E-state index contributed by atoms with van der Waals surface area (Å²) in [4.78, 5) is 22.9. The van der Waals surface area contributed by atoms with Crippen molar-refractivity contribution < 1.29 is 14.7 Å². The zero-order valence-corrected chi connectivity index (χ0v) is 7.51. The first kappa shape index (κ1) is 7.97. The van der Waals surface area contributed by atoms with E-state index in [1.54, 1.807) is 6.08 Å². The Labute approximate surface area is 81.1 Å². The van der Waals surface area contributed by atoms with Crippen molar-refractivity contribution in [1.82, 2.24) is 0 Å². The number of fused-ring (bicyclic) bond motifs is 5. The van der Waals surface area contributed by atoms with Gasteiger partial charge in [0.2, 0.25) is 0 Å². The molecule has 0 aliphatic heterocycles. The topological polar surface area (TPSA) is 54.4 Å². The van der Waals surface area contributed by atoms with Gasteiger partial charge in [-0.1, -0.05) is 18.2 Å². The number of carboxylic acid groups (broad SMARTS) is 1. The molecular weight excluding hydrogens is 180 g/mol. The van der Waals surface area contributed by atoms with Gasteiger partial charge in [-0.25, -0.2) is 0 Å². The maximum Gasteiger partial charge on any atom is 0.314 e. The van der Waals surface area contributed by atoms with E-state index >= 15 is 0 Å². The van der Waals surface area contributed by atoms with Gasteiger partial charge in [-0.05, 0) is 24.3 Å². The normalized spacial score (nSPS) is 47.4. The van der Waals surface area contributed by atoms with Crippen molar-refractivity contribution >= 4 is 11.8 Å². The zero-order chi connectivity index (χ0) is 9.92. The summed E-state index contributed by atoms with van der Waals surface area (Å²) in [5, 5.41) is 9.28. The lowest BCUT2D eigenvalue weighted by atomic mass is 9.70. The van der Waals surface area contributed by atoms with Crippen molar-refractivity contribution in [1.29, 1.82) is 0 Å². The molecule has 0 aromatic heterocycles. The predicted octanol–water partition coefficient (Wildman–Crippen LogP) is 1.02. The lowest BCUT2D eigenvalue weighted by molar-refractivity contribution is -0.151. The molecule has 4 atom stereocenters. The van der Waals surface area contributed by atoms with E-state index in [0.717, 1.165) is 6.42 Å². The Bertz CT molecular complexity index is 393. The maximum atomic E-state index is 11.6. The SMILES string of the molecule is O=C1C=C[C@]2(C(=O)O)C3C=CC(C3)C12. The summed E-state index contributed by atoms with van der Waals surface area (Å²) in [7, 11) is 0. The zero-order valence-electron chi connectivity index (χ0n) is 7.51. The third-order valence-corrected chi connectivity index (χ3v) is 3.87. The molecule has 3 heteroatoms. The molecule has 0 heterocycles. The molecule has 0 aromatic rings. The third-order valence-electron chi connectivity index (χ3n) is 3.87. The molecule has 1 N–H and O–H groups in total. The first-order valence-electron chi connectivity index (χ1n) is 4.81. The van der Waals surface area contributed by atoms with Crippen LogP contribution in [0.3, 0.4) is 0 Å². The van der Waals surface area contributed by atoms with E-state index in [1.165, 1.54) is 6.08 Å². The molecule has 0 aromatic carbocycles. The second-order valence-electron chi connectivity index (χ2n) is 4.34. The van der Waals surface area contributed by atoms with E-state index < -0.39 is 11.4 Å². The number of hydrogen-bond acceptors (Lipinski definition) is 2. The Hall–Kier alpha value is -1.38. The van der Waals surface area contributed by atoms with Gasteiger partial charge >= 0.3 is 5.97 Å². The van der Waals surface area contributed by atoms with Crippen LogP contribution in [0.5, 0.6) is 0 Å². The summed E-state index contributed by atoms with van der Waals surface area (Å²) in [6.45, 7) is 0. The molecule has 0 amide bonds. The fourth-order valence-electron chi connectivity index (χ4n) is 3.27. The van der Waals surface area contributed by atoms with Gasteiger partial charge in [0.15, 0.2) is 5.78 Å². The second kappa shape index (κ2) is 2.16. The van der Waals surface area contributed by atoms with E-state index in [2.05, 4.69) is 0 Å². The van der Waals surface area contributed by atoms with E-state index in [9.17, 15) is 14.7 Å². The number of allylic oxidation sites excluding steroid dienone is 3. The monoisotopic (exact) mass is 190 g/mol. The van der Waals surface area contributed by atoms with Crippen LogP contribution in [-0.4, -0.2) is 16.9 Å². The predicted molar refractivity (Wildman–Crippen MR) is 48.4 cm³/mol. The fraction of sp³-hybridized carbons (Fsp3) is 0.455. The van der Waals surface area contributed by atoms with E-state index in [1.807, 2.05) is 12.2 Å². The molecule has 72 valence electrons. The van der Waals surface area contributed by atoms with Gasteiger partial charge < -0.3 is 5.11 Å². The smallest absolute Gasteiger partial charge is 0.314 e. The molecule has 2 bridgehead atoms. The molecule has 0 saturated heterocycles. The van der Waals surface area contributed by atoms with Crippen molar-refractivity contribution in [2.75, 3.05) is 0 Å². The van der Waals surface area contributed by atoms with Crippen LogP contribution in [0.15, 0.2) is 24.3 Å². The lowest BCUT2D eigenvalue weighted by Crippen LogP contribution is -2.40. The van der Waals surface area contributed by atoms with Crippen molar-refractivity contribution in [2.45, 2.75) is 6.42 Å². The minimum absolute atomic E-state index is 0.00995. The van der Waals surface area contributed by atoms with Gasteiger partial charge in [-0.3, -0.25) is 9.59 Å². The molecule has 0 spiro atoms. The van der Waals surface area contributed by atoms with Crippen LogP contribution in [0, 0.1) is 23.2 Å². The molecule has 0 radical (unpaired) electrons. The lowest BCUT2D eigenvalue weighted by Gasteiger charge is -2.30. The highest BCUT2D eigenvalue weighted by Crippen LogP contribution is 2.59. The average molecular weight is 190 g/mol. The Morgan fingerprint density at radius 1 is 1.50 bits per heavy atom. The summed E-state index contributed by atoms with van der Waals surface area (Å²) in [5.41, 5.74) is -0.906. The summed E-state index contributed by atoms with van der Waals surface area (Å²) in [5.74, 6) is -1.00. The molecule has 3 unspecified atom stereocenters. The van der Waals surface area contributed by atoms with Crippen LogP contribution in [0.25, 0.3) is 0 Å². The molecule has 14 heavy (non-hydrogen) atoms. The standard InChI is InChI=1S/C11H10O3/c12-8-3-4-11(10(13)14)7-2-1-6(5-7)9(8)11/h1-4,6-7,9H,5H2,(H,13,14)/t6?,7?,9?,11-/m0/s1. The van der Waals surface area contributed by atoms with Gasteiger partial charge in [-0.15, -0.1) is 0 Å². The summed E-state index contributed by atoms with van der Waals surface area (Å²) in [6, 6.07) is 0. The quantitative estimate of drug-likeness (QED) is 0.628. The number of ketones is 1. The van der Waals surface area contributed by atoms with E-state index in [-0.39, 0.29) is 23.5 Å². The molecule has 3 aliphatic carbocycles. The van der Waals surface area contributed by atoms with Crippen molar-refractivity contribution in [2.24, 2.45) is 23.2 Å². The van der Waals surface area contributed by atoms with Gasteiger partial charge in [-0.2, -0.15) is 0 Å². The Morgan fingerprint density at radius 3 is 2.93 bits per heavy atom. The van der Waals surface area contributed by atoms with Gasteiger partial charge in [0.25, 0.3) is 0 Å². The second-order valence-corrected chi connectivity index (χ2v) is 4.34.